The molecule has 1 aliphatic rings. The van der Waals surface area contributed by atoms with Crippen LogP contribution in [0.5, 0.6) is 0 Å². The van der Waals surface area contributed by atoms with Crippen molar-refractivity contribution in [1.82, 2.24) is 9.78 Å². The summed E-state index contributed by atoms with van der Waals surface area (Å²) in [5.74, 6) is 0.454. The molecule has 0 bridgehead atoms. The van der Waals surface area contributed by atoms with Crippen molar-refractivity contribution in [3.05, 3.63) is 59.9 Å². The Bertz CT molecular complexity index is 812. The highest BCUT2D eigenvalue weighted by Crippen LogP contribution is 2.32. The van der Waals surface area contributed by atoms with Gasteiger partial charge in [-0.15, -0.1) is 0 Å². The molecule has 1 N–H and O–H groups in total. The maximum Gasteiger partial charge on any atom is 0.259 e. The van der Waals surface area contributed by atoms with Gasteiger partial charge < -0.3 is 5.32 Å². The number of amides is 1. The zero-order valence-corrected chi connectivity index (χ0v) is 20.2. The van der Waals surface area contributed by atoms with Gasteiger partial charge in [-0.2, -0.15) is 5.10 Å². The van der Waals surface area contributed by atoms with Crippen LogP contribution < -0.4 is 5.32 Å². The van der Waals surface area contributed by atoms with Gasteiger partial charge in [-0.25, -0.2) is 4.68 Å². The van der Waals surface area contributed by atoms with Crippen molar-refractivity contribution in [2.75, 3.05) is 5.32 Å². The molecule has 1 saturated carbocycles. The van der Waals surface area contributed by atoms with E-state index in [1.54, 1.807) is 17.1 Å². The van der Waals surface area contributed by atoms with E-state index in [0.717, 1.165) is 11.4 Å². The fraction of sp³-hybridized carbons (Fsp3) is 0.481. The summed E-state index contributed by atoms with van der Waals surface area (Å²) in [7, 11) is 0. The van der Waals surface area contributed by atoms with Crippen LogP contribution in [0.3, 0.4) is 0 Å². The Kier molecular flexibility index (Phi) is 13.0. The van der Waals surface area contributed by atoms with E-state index in [9.17, 15) is 4.79 Å². The molecule has 4 nitrogen and oxygen atoms in total. The van der Waals surface area contributed by atoms with Crippen LogP contribution >= 0.6 is 0 Å². The molecule has 0 unspecified atom stereocenters. The second kappa shape index (κ2) is 15.2. The van der Waals surface area contributed by atoms with Gasteiger partial charge in [0.25, 0.3) is 5.91 Å². The summed E-state index contributed by atoms with van der Waals surface area (Å²) in [6, 6.07) is 8.33. The SMILES string of the molecule is C=Cn1ncc(C(=O)Nc2cccc(C3CCCCCCC3)c2)c1/C=C\C.CC.CC. The van der Waals surface area contributed by atoms with Gasteiger partial charge in [-0.1, -0.05) is 84.6 Å². The molecule has 0 atom stereocenters. The molecule has 1 heterocycles. The van der Waals surface area contributed by atoms with E-state index in [1.165, 1.54) is 50.5 Å². The second-order valence-corrected chi connectivity index (χ2v) is 7.19. The predicted molar refractivity (Wildman–Crippen MR) is 135 cm³/mol. The number of aromatic nitrogens is 2. The van der Waals surface area contributed by atoms with Gasteiger partial charge in [0, 0.05) is 11.9 Å². The summed E-state index contributed by atoms with van der Waals surface area (Å²) in [6.07, 6.45) is 16.1. The zero-order valence-electron chi connectivity index (χ0n) is 20.2. The predicted octanol–water partition coefficient (Wildman–Crippen LogP) is 8.15. The number of anilines is 1. The number of rotatable bonds is 5. The molecule has 0 aliphatic heterocycles. The van der Waals surface area contributed by atoms with Gasteiger partial charge in [-0.3, -0.25) is 4.79 Å². The minimum absolute atomic E-state index is 0.147. The highest BCUT2D eigenvalue weighted by Gasteiger charge is 2.17. The Balaban J connectivity index is 0.00000113. The lowest BCUT2D eigenvalue weighted by Crippen LogP contribution is -2.13. The van der Waals surface area contributed by atoms with Gasteiger partial charge >= 0.3 is 0 Å². The van der Waals surface area contributed by atoms with Gasteiger partial charge in [0.1, 0.15) is 0 Å². The van der Waals surface area contributed by atoms with Gasteiger partial charge in [0.2, 0.25) is 0 Å². The number of nitrogens with one attached hydrogen (secondary N) is 1. The van der Waals surface area contributed by atoms with E-state index in [0.29, 0.717) is 11.5 Å². The van der Waals surface area contributed by atoms with Crippen LogP contribution in [-0.2, 0) is 0 Å². The molecule has 1 amide bonds. The number of nitrogens with zero attached hydrogens (tertiary/aromatic N) is 2. The number of allylic oxidation sites excluding steroid dienone is 1. The number of hydrogen-bond acceptors (Lipinski definition) is 2. The maximum atomic E-state index is 12.8. The first-order valence-corrected chi connectivity index (χ1v) is 12.0. The third kappa shape index (κ3) is 7.86. The van der Waals surface area contributed by atoms with Crippen LogP contribution in [0.25, 0.3) is 12.3 Å². The molecule has 2 aromatic rings. The molecular weight excluding hydrogens is 382 g/mol. The molecule has 0 radical (unpaired) electrons. The molecule has 0 saturated heterocycles. The van der Waals surface area contributed by atoms with Crippen molar-refractivity contribution in [3.63, 3.8) is 0 Å². The van der Waals surface area contributed by atoms with E-state index in [1.807, 2.05) is 58.9 Å². The minimum atomic E-state index is -0.147. The van der Waals surface area contributed by atoms with E-state index in [4.69, 9.17) is 0 Å². The Hall–Kier alpha value is -2.62. The average Bonchev–Trinajstić information content (AvgIpc) is 3.20. The molecule has 1 fully saturated rings. The summed E-state index contributed by atoms with van der Waals surface area (Å²) < 4.78 is 1.61. The second-order valence-electron chi connectivity index (χ2n) is 7.19. The molecular formula is C27H41N3O. The fourth-order valence-corrected chi connectivity index (χ4v) is 3.87. The quantitative estimate of drug-likeness (QED) is 0.527. The molecule has 31 heavy (non-hydrogen) atoms. The zero-order chi connectivity index (χ0) is 23.1. The first-order valence-electron chi connectivity index (χ1n) is 12.0. The normalized spacial score (nSPS) is 14.4. The van der Waals surface area contributed by atoms with E-state index >= 15 is 0 Å². The smallest absolute Gasteiger partial charge is 0.259 e. The Morgan fingerprint density at radius 3 is 2.35 bits per heavy atom. The van der Waals surface area contributed by atoms with Crippen molar-refractivity contribution in [2.45, 2.75) is 85.5 Å². The molecule has 1 aliphatic carbocycles. The highest BCUT2D eigenvalue weighted by molar-refractivity contribution is 6.06. The van der Waals surface area contributed by atoms with Crippen molar-refractivity contribution in [3.8, 4) is 0 Å². The lowest BCUT2D eigenvalue weighted by atomic mass is 9.86. The van der Waals surface area contributed by atoms with Gasteiger partial charge in [-0.05, 0) is 49.5 Å². The third-order valence-corrected chi connectivity index (χ3v) is 5.30. The Morgan fingerprint density at radius 2 is 1.74 bits per heavy atom. The lowest BCUT2D eigenvalue weighted by Gasteiger charge is -2.20. The fourth-order valence-electron chi connectivity index (χ4n) is 3.87. The van der Waals surface area contributed by atoms with Crippen molar-refractivity contribution in [1.29, 1.82) is 0 Å². The van der Waals surface area contributed by atoms with E-state index < -0.39 is 0 Å². The topological polar surface area (TPSA) is 46.9 Å². The third-order valence-electron chi connectivity index (χ3n) is 5.30. The lowest BCUT2D eigenvalue weighted by molar-refractivity contribution is 0.102. The molecule has 170 valence electrons. The number of carbonyl (C=O) groups excluding carboxylic acids is 1. The summed E-state index contributed by atoms with van der Waals surface area (Å²) >= 11 is 0. The number of carbonyl (C=O) groups is 1. The van der Waals surface area contributed by atoms with Crippen LogP contribution in [0.2, 0.25) is 0 Å². The first-order chi connectivity index (χ1) is 15.2. The van der Waals surface area contributed by atoms with Crippen molar-refractivity contribution >= 4 is 23.9 Å². The Morgan fingerprint density at radius 1 is 1.10 bits per heavy atom. The van der Waals surface area contributed by atoms with E-state index in [-0.39, 0.29) is 5.91 Å². The molecule has 4 heteroatoms. The minimum Gasteiger partial charge on any atom is -0.322 e. The molecule has 1 aromatic carbocycles. The maximum absolute atomic E-state index is 12.8. The summed E-state index contributed by atoms with van der Waals surface area (Å²) in [5.41, 5.74) is 3.47. The summed E-state index contributed by atoms with van der Waals surface area (Å²) in [5, 5.41) is 7.25. The molecule has 3 rings (SSSR count). The molecule has 1 aromatic heterocycles. The van der Waals surface area contributed by atoms with Gasteiger partial charge in [0.15, 0.2) is 0 Å². The van der Waals surface area contributed by atoms with Crippen LogP contribution in [0.4, 0.5) is 5.69 Å². The average molecular weight is 424 g/mol. The van der Waals surface area contributed by atoms with Crippen LogP contribution in [0, 0.1) is 0 Å². The summed E-state index contributed by atoms with van der Waals surface area (Å²) in [4.78, 5) is 12.8. The highest BCUT2D eigenvalue weighted by atomic mass is 16.1. The standard InChI is InChI=1S/C23H29N3O.2C2H6/c1-3-11-22-21(17-24-26(22)4-2)23(27)25-20-15-10-14-19(16-20)18-12-8-6-5-7-9-13-18;2*1-2/h3-4,10-11,14-18H,2,5-9,12-13H2,1H3,(H,25,27);2*1-2H3/b11-3-;;. The first kappa shape index (κ1) is 26.4. The van der Waals surface area contributed by atoms with Crippen LogP contribution in [0.15, 0.2) is 43.1 Å². The molecule has 0 spiro atoms. The number of hydrogen-bond donors (Lipinski definition) is 1. The largest absolute Gasteiger partial charge is 0.322 e. The monoisotopic (exact) mass is 423 g/mol. The van der Waals surface area contributed by atoms with E-state index in [2.05, 4.69) is 29.1 Å². The van der Waals surface area contributed by atoms with Crippen molar-refractivity contribution < 1.29 is 4.79 Å². The van der Waals surface area contributed by atoms with Crippen molar-refractivity contribution in [2.24, 2.45) is 0 Å². The van der Waals surface area contributed by atoms with Gasteiger partial charge in [0.05, 0.1) is 17.5 Å². The van der Waals surface area contributed by atoms with Crippen LogP contribution in [0.1, 0.15) is 107 Å². The Labute approximate surface area is 189 Å². The number of benzene rings is 1. The summed E-state index contributed by atoms with van der Waals surface area (Å²) in [6.45, 7) is 13.7. The van der Waals surface area contributed by atoms with Crippen LogP contribution in [-0.4, -0.2) is 15.7 Å².